The molecule has 0 radical (unpaired) electrons. The van der Waals surface area contributed by atoms with Crippen LogP contribution in [0.3, 0.4) is 0 Å². The number of aliphatic hydroxyl groups is 1. The van der Waals surface area contributed by atoms with Gasteiger partial charge in [-0.1, -0.05) is 24.3 Å². The number of fused-ring (bicyclic) bond motifs is 1. The summed E-state index contributed by atoms with van der Waals surface area (Å²) in [6, 6.07) is 14.8. The molecule has 4 aromatic rings. The molecule has 3 heterocycles. The third-order valence-electron chi connectivity index (χ3n) is 7.19. The van der Waals surface area contributed by atoms with E-state index in [1.807, 2.05) is 0 Å². The number of hydrogen-bond acceptors (Lipinski definition) is 5. The molecule has 0 amide bonds. The summed E-state index contributed by atoms with van der Waals surface area (Å²) in [5.41, 5.74) is 5.53. The molecule has 7 nitrogen and oxygen atoms in total. The van der Waals surface area contributed by atoms with Crippen LogP contribution in [0.2, 0.25) is 0 Å². The average Bonchev–Trinajstić information content (AvgIpc) is 3.52. The Bertz CT molecular complexity index is 1210. The van der Waals surface area contributed by atoms with Crippen LogP contribution in [0.15, 0.2) is 55.0 Å². The predicted molar refractivity (Wildman–Crippen MR) is 136 cm³/mol. The summed E-state index contributed by atoms with van der Waals surface area (Å²) in [5.74, 6) is 0.795. The molecule has 5 rings (SSSR count). The lowest BCUT2D eigenvalue weighted by molar-refractivity contribution is -0.0201. The first kappa shape index (κ1) is 22.8. The Hall–Kier alpha value is -3.00. The van der Waals surface area contributed by atoms with Gasteiger partial charge in [0, 0.05) is 48.8 Å². The van der Waals surface area contributed by atoms with E-state index in [1.54, 1.807) is 0 Å². The Labute approximate surface area is 200 Å². The largest absolute Gasteiger partial charge is 0.388 e. The molecule has 2 aromatic carbocycles. The van der Waals surface area contributed by atoms with Crippen LogP contribution >= 0.6 is 0 Å². The maximum Gasteiger partial charge on any atom is 0.155 e. The van der Waals surface area contributed by atoms with Crippen LogP contribution in [-0.2, 0) is 13.0 Å². The van der Waals surface area contributed by atoms with E-state index in [-0.39, 0.29) is 0 Å². The minimum atomic E-state index is -0.604. The number of hydrogen-bond donors (Lipinski definition) is 4. The fourth-order valence-electron chi connectivity index (χ4n) is 4.98. The van der Waals surface area contributed by atoms with Crippen molar-refractivity contribution in [2.75, 3.05) is 26.2 Å². The molecular weight excluding hydrogens is 424 g/mol. The summed E-state index contributed by atoms with van der Waals surface area (Å²) in [5, 5.41) is 22.7. The second kappa shape index (κ2) is 10.1. The van der Waals surface area contributed by atoms with E-state index in [2.05, 4.69) is 86.0 Å². The second-order valence-corrected chi connectivity index (χ2v) is 9.61. The van der Waals surface area contributed by atoms with E-state index in [9.17, 15) is 5.11 Å². The monoisotopic (exact) mass is 458 g/mol. The molecule has 1 aliphatic heterocycles. The van der Waals surface area contributed by atoms with Gasteiger partial charge in [-0.05, 0) is 74.0 Å². The van der Waals surface area contributed by atoms with Crippen molar-refractivity contribution >= 4 is 10.9 Å². The quantitative estimate of drug-likeness (QED) is 0.306. The van der Waals surface area contributed by atoms with E-state index >= 15 is 0 Å². The van der Waals surface area contributed by atoms with E-state index in [1.165, 1.54) is 28.4 Å². The number of aromatic nitrogens is 4. The number of nitrogens with one attached hydrogen (secondary N) is 3. The van der Waals surface area contributed by atoms with Gasteiger partial charge in [0.1, 0.15) is 6.33 Å². The van der Waals surface area contributed by atoms with Crippen LogP contribution in [0.5, 0.6) is 0 Å². The molecule has 7 heteroatoms. The Morgan fingerprint density at radius 3 is 2.76 bits per heavy atom. The Morgan fingerprint density at radius 2 is 1.97 bits per heavy atom. The number of aromatic amines is 2. The van der Waals surface area contributed by atoms with E-state index in [0.717, 1.165) is 68.8 Å². The standard InChI is InChI=1S/C27H34N6O/c1-20-5-2-3-6-22(20)16-28-18-27(34)10-13-33(14-11-27)12-4-7-23-17-29-25-9-8-21(15-24(23)25)26-30-19-31-32-26/h2-3,5-6,8-9,15,17,19,28-29,34H,4,7,10-14,16,18H2,1H3,(H,30,31,32). The van der Waals surface area contributed by atoms with Crippen molar-refractivity contribution in [3.63, 3.8) is 0 Å². The molecule has 178 valence electrons. The highest BCUT2D eigenvalue weighted by atomic mass is 16.3. The molecular formula is C27H34N6O. The van der Waals surface area contributed by atoms with Crippen molar-refractivity contribution < 1.29 is 5.11 Å². The van der Waals surface area contributed by atoms with Crippen molar-refractivity contribution in [2.24, 2.45) is 0 Å². The predicted octanol–water partition coefficient (Wildman–Crippen LogP) is 3.81. The van der Waals surface area contributed by atoms with Gasteiger partial charge in [0.2, 0.25) is 0 Å². The zero-order valence-electron chi connectivity index (χ0n) is 19.8. The number of H-pyrrole nitrogens is 2. The molecule has 4 N–H and O–H groups in total. The Kier molecular flexibility index (Phi) is 6.76. The summed E-state index contributed by atoms with van der Waals surface area (Å²) in [4.78, 5) is 10.2. The molecule has 0 unspecified atom stereocenters. The smallest absolute Gasteiger partial charge is 0.155 e. The van der Waals surface area contributed by atoms with Gasteiger partial charge in [0.25, 0.3) is 0 Å². The molecule has 0 atom stereocenters. The van der Waals surface area contributed by atoms with Crippen LogP contribution in [0, 0.1) is 6.92 Å². The normalized spacial score (nSPS) is 16.3. The summed E-state index contributed by atoms with van der Waals surface area (Å²) < 4.78 is 0. The fourth-order valence-corrected chi connectivity index (χ4v) is 4.98. The highest BCUT2D eigenvalue weighted by Crippen LogP contribution is 2.26. The summed E-state index contributed by atoms with van der Waals surface area (Å²) in [6.45, 7) is 6.55. The van der Waals surface area contributed by atoms with Gasteiger partial charge in [0.05, 0.1) is 5.60 Å². The number of benzene rings is 2. The van der Waals surface area contributed by atoms with Gasteiger partial charge in [-0.3, -0.25) is 5.10 Å². The number of piperidine rings is 1. The van der Waals surface area contributed by atoms with Crippen molar-refractivity contribution in [2.45, 2.75) is 44.8 Å². The molecule has 1 fully saturated rings. The lowest BCUT2D eigenvalue weighted by atomic mass is 9.91. The zero-order valence-corrected chi connectivity index (χ0v) is 19.8. The first-order valence-electron chi connectivity index (χ1n) is 12.3. The number of likely N-dealkylation sites (tertiary alicyclic amines) is 1. The first-order valence-corrected chi connectivity index (χ1v) is 12.3. The van der Waals surface area contributed by atoms with Crippen molar-refractivity contribution in [3.05, 3.63) is 71.7 Å². The van der Waals surface area contributed by atoms with Gasteiger partial charge in [-0.15, -0.1) is 0 Å². The van der Waals surface area contributed by atoms with Gasteiger partial charge < -0.3 is 20.3 Å². The highest BCUT2D eigenvalue weighted by molar-refractivity contribution is 5.87. The number of rotatable bonds is 9. The molecule has 34 heavy (non-hydrogen) atoms. The molecule has 0 saturated carbocycles. The van der Waals surface area contributed by atoms with Crippen LogP contribution in [0.1, 0.15) is 36.0 Å². The topological polar surface area (TPSA) is 92.9 Å². The Balaban J connectivity index is 1.08. The molecule has 1 aliphatic rings. The maximum atomic E-state index is 11.0. The lowest BCUT2D eigenvalue weighted by Crippen LogP contribution is -2.50. The third kappa shape index (κ3) is 5.22. The molecule has 0 aliphatic carbocycles. The molecule has 0 bridgehead atoms. The van der Waals surface area contributed by atoms with E-state index < -0.39 is 5.60 Å². The van der Waals surface area contributed by atoms with E-state index in [4.69, 9.17) is 0 Å². The second-order valence-electron chi connectivity index (χ2n) is 9.61. The number of aryl methyl sites for hydroxylation is 2. The molecule has 0 spiro atoms. The van der Waals surface area contributed by atoms with Crippen LogP contribution in [-0.4, -0.2) is 62.0 Å². The average molecular weight is 459 g/mol. The van der Waals surface area contributed by atoms with Crippen molar-refractivity contribution in [1.82, 2.24) is 30.4 Å². The molecule has 2 aromatic heterocycles. The zero-order chi connectivity index (χ0) is 23.4. The molecule has 1 saturated heterocycles. The summed E-state index contributed by atoms with van der Waals surface area (Å²) in [6.07, 6.45) is 7.44. The van der Waals surface area contributed by atoms with Gasteiger partial charge in [-0.2, -0.15) is 5.10 Å². The Morgan fingerprint density at radius 1 is 1.12 bits per heavy atom. The summed E-state index contributed by atoms with van der Waals surface area (Å²) in [7, 11) is 0. The van der Waals surface area contributed by atoms with Crippen LogP contribution < -0.4 is 5.32 Å². The van der Waals surface area contributed by atoms with E-state index in [0.29, 0.717) is 6.54 Å². The minimum absolute atomic E-state index is 0.604. The highest BCUT2D eigenvalue weighted by Gasteiger charge is 2.31. The first-order chi connectivity index (χ1) is 16.6. The van der Waals surface area contributed by atoms with Gasteiger partial charge >= 0.3 is 0 Å². The summed E-state index contributed by atoms with van der Waals surface area (Å²) >= 11 is 0. The van der Waals surface area contributed by atoms with Gasteiger partial charge in [-0.25, -0.2) is 4.98 Å². The van der Waals surface area contributed by atoms with Crippen molar-refractivity contribution in [1.29, 1.82) is 0 Å². The lowest BCUT2D eigenvalue weighted by Gasteiger charge is -2.38. The van der Waals surface area contributed by atoms with Crippen molar-refractivity contribution in [3.8, 4) is 11.4 Å². The number of nitrogens with zero attached hydrogens (tertiary/aromatic N) is 3. The fraction of sp³-hybridized carbons (Fsp3) is 0.407. The third-order valence-corrected chi connectivity index (χ3v) is 7.19. The maximum absolute atomic E-state index is 11.0. The van der Waals surface area contributed by atoms with Gasteiger partial charge in [0.15, 0.2) is 5.82 Å². The minimum Gasteiger partial charge on any atom is -0.388 e. The SMILES string of the molecule is Cc1ccccc1CNCC1(O)CCN(CCCc2c[nH]c3ccc(-c4ncn[nH]4)cc23)CC1. The van der Waals surface area contributed by atoms with Crippen LogP contribution in [0.25, 0.3) is 22.3 Å². The van der Waals surface area contributed by atoms with Crippen LogP contribution in [0.4, 0.5) is 0 Å².